The molecule has 0 N–H and O–H groups in total. The van der Waals surface area contributed by atoms with Crippen molar-refractivity contribution < 1.29 is 9.53 Å². The van der Waals surface area contributed by atoms with Crippen LogP contribution in [0.1, 0.15) is 45.4 Å². The van der Waals surface area contributed by atoms with Crippen LogP contribution in [0.15, 0.2) is 0 Å². The molecule has 0 aliphatic heterocycles. The molecule has 0 bridgehead atoms. The van der Waals surface area contributed by atoms with Crippen LogP contribution in [0.4, 0.5) is 0 Å². The predicted molar refractivity (Wildman–Crippen MR) is 58.1 cm³/mol. The second kappa shape index (κ2) is 10.0. The monoisotopic (exact) mass is 250 g/mol. The Balaban J connectivity index is 3.08. The van der Waals surface area contributed by atoms with Gasteiger partial charge >= 0.3 is 5.97 Å². The van der Waals surface area contributed by atoms with Crippen LogP contribution in [-0.2, 0) is 9.53 Å². The highest BCUT2D eigenvalue weighted by atomic mass is 79.9. The second-order valence-electron chi connectivity index (χ2n) is 3.07. The molecular formula is C10H19BrO2. The first kappa shape index (κ1) is 12.9. The minimum Gasteiger partial charge on any atom is -0.466 e. The summed E-state index contributed by atoms with van der Waals surface area (Å²) in [5.74, 6) is -0.0593. The first-order valence-electron chi connectivity index (χ1n) is 5.02. The average Bonchev–Trinajstić information content (AvgIpc) is 2.14. The topological polar surface area (TPSA) is 26.3 Å². The third kappa shape index (κ3) is 9.87. The molecule has 3 heteroatoms. The Morgan fingerprint density at radius 2 is 2.00 bits per heavy atom. The van der Waals surface area contributed by atoms with Gasteiger partial charge in [-0.3, -0.25) is 4.79 Å². The first-order valence-corrected chi connectivity index (χ1v) is 6.15. The number of rotatable bonds is 8. The van der Waals surface area contributed by atoms with Gasteiger partial charge in [-0.2, -0.15) is 0 Å². The van der Waals surface area contributed by atoms with Crippen LogP contribution < -0.4 is 0 Å². The van der Waals surface area contributed by atoms with E-state index in [1.807, 2.05) is 0 Å². The molecule has 0 spiro atoms. The number of esters is 1. The Morgan fingerprint density at radius 3 is 2.62 bits per heavy atom. The molecule has 0 amide bonds. The van der Waals surface area contributed by atoms with Crippen LogP contribution in [0.25, 0.3) is 0 Å². The van der Waals surface area contributed by atoms with Gasteiger partial charge in [0.05, 0.1) is 6.61 Å². The fraction of sp³-hybridized carbons (Fsp3) is 0.900. The summed E-state index contributed by atoms with van der Waals surface area (Å²) in [5, 5.41) is 0.873. The van der Waals surface area contributed by atoms with Gasteiger partial charge in [0.25, 0.3) is 0 Å². The molecule has 78 valence electrons. The zero-order chi connectivity index (χ0) is 9.94. The van der Waals surface area contributed by atoms with E-state index < -0.39 is 0 Å². The molecule has 0 rings (SSSR count). The molecule has 0 aliphatic carbocycles. The maximum atomic E-state index is 11.0. The highest BCUT2D eigenvalue weighted by Crippen LogP contribution is 2.01. The van der Waals surface area contributed by atoms with Gasteiger partial charge in [-0.15, -0.1) is 0 Å². The SMILES string of the molecule is CCCCCCOC(=O)CCCBr. The molecule has 0 atom stereocenters. The molecule has 0 aliphatic rings. The van der Waals surface area contributed by atoms with Crippen molar-refractivity contribution in [1.29, 1.82) is 0 Å². The van der Waals surface area contributed by atoms with E-state index in [0.717, 1.165) is 18.2 Å². The average molecular weight is 251 g/mol. The van der Waals surface area contributed by atoms with E-state index in [4.69, 9.17) is 4.74 Å². The van der Waals surface area contributed by atoms with Crippen molar-refractivity contribution >= 4 is 21.9 Å². The molecule has 0 aromatic rings. The minimum atomic E-state index is -0.0593. The zero-order valence-electron chi connectivity index (χ0n) is 8.35. The maximum Gasteiger partial charge on any atom is 0.305 e. The van der Waals surface area contributed by atoms with Gasteiger partial charge < -0.3 is 4.74 Å². The summed E-state index contributed by atoms with van der Waals surface area (Å²) in [6.45, 7) is 2.77. The zero-order valence-corrected chi connectivity index (χ0v) is 9.94. The highest BCUT2D eigenvalue weighted by Gasteiger charge is 2.00. The molecule has 0 saturated heterocycles. The third-order valence-corrected chi connectivity index (χ3v) is 2.34. The number of unbranched alkanes of at least 4 members (excludes halogenated alkanes) is 3. The quantitative estimate of drug-likeness (QED) is 0.376. The Kier molecular flexibility index (Phi) is 10.00. The molecule has 0 unspecified atom stereocenters. The lowest BCUT2D eigenvalue weighted by atomic mass is 10.2. The maximum absolute atomic E-state index is 11.0. The number of hydrogen-bond donors (Lipinski definition) is 0. The molecule has 0 saturated carbocycles. The Morgan fingerprint density at radius 1 is 1.23 bits per heavy atom. The van der Waals surface area contributed by atoms with Crippen molar-refractivity contribution in [3.8, 4) is 0 Å². The van der Waals surface area contributed by atoms with E-state index in [9.17, 15) is 4.79 Å². The predicted octanol–water partition coefficient (Wildman–Crippen LogP) is 3.29. The van der Waals surface area contributed by atoms with Gasteiger partial charge in [-0.05, 0) is 12.8 Å². The molecule has 2 nitrogen and oxygen atoms in total. The fourth-order valence-corrected chi connectivity index (χ4v) is 1.28. The Labute approximate surface area is 89.2 Å². The summed E-state index contributed by atoms with van der Waals surface area (Å²) < 4.78 is 5.03. The van der Waals surface area contributed by atoms with E-state index in [1.165, 1.54) is 19.3 Å². The van der Waals surface area contributed by atoms with Gasteiger partial charge in [0.1, 0.15) is 0 Å². The molecule has 0 heterocycles. The normalized spacial score (nSPS) is 10.0. The van der Waals surface area contributed by atoms with Gasteiger partial charge in [-0.1, -0.05) is 42.1 Å². The van der Waals surface area contributed by atoms with Crippen LogP contribution in [-0.4, -0.2) is 17.9 Å². The van der Waals surface area contributed by atoms with E-state index in [2.05, 4.69) is 22.9 Å². The summed E-state index contributed by atoms with van der Waals surface area (Å²) >= 11 is 3.27. The van der Waals surface area contributed by atoms with Crippen LogP contribution in [0.2, 0.25) is 0 Å². The lowest BCUT2D eigenvalue weighted by Crippen LogP contribution is -2.05. The van der Waals surface area contributed by atoms with Crippen molar-refractivity contribution in [1.82, 2.24) is 0 Å². The van der Waals surface area contributed by atoms with E-state index in [1.54, 1.807) is 0 Å². The summed E-state index contributed by atoms with van der Waals surface area (Å²) in [4.78, 5) is 11.0. The van der Waals surface area contributed by atoms with Crippen LogP contribution in [0.5, 0.6) is 0 Å². The molecule has 0 radical (unpaired) electrons. The third-order valence-electron chi connectivity index (χ3n) is 1.78. The van der Waals surface area contributed by atoms with Crippen LogP contribution in [0, 0.1) is 0 Å². The van der Waals surface area contributed by atoms with E-state index >= 15 is 0 Å². The van der Waals surface area contributed by atoms with Crippen molar-refractivity contribution in [2.24, 2.45) is 0 Å². The largest absolute Gasteiger partial charge is 0.466 e. The smallest absolute Gasteiger partial charge is 0.305 e. The molecule has 0 fully saturated rings. The van der Waals surface area contributed by atoms with Crippen molar-refractivity contribution in [2.45, 2.75) is 45.4 Å². The molecule has 0 aromatic heterocycles. The van der Waals surface area contributed by atoms with E-state index in [0.29, 0.717) is 13.0 Å². The summed E-state index contributed by atoms with van der Waals surface area (Å²) in [6, 6.07) is 0. The lowest BCUT2D eigenvalue weighted by Gasteiger charge is -2.03. The van der Waals surface area contributed by atoms with Crippen molar-refractivity contribution in [3.05, 3.63) is 0 Å². The summed E-state index contributed by atoms with van der Waals surface area (Å²) in [5.41, 5.74) is 0. The summed E-state index contributed by atoms with van der Waals surface area (Å²) in [6.07, 6.45) is 6.04. The first-order chi connectivity index (χ1) is 6.31. The number of halogens is 1. The second-order valence-corrected chi connectivity index (χ2v) is 3.87. The van der Waals surface area contributed by atoms with Crippen molar-refractivity contribution in [3.63, 3.8) is 0 Å². The van der Waals surface area contributed by atoms with Gasteiger partial charge in [0.15, 0.2) is 0 Å². The number of carbonyl (C=O) groups excluding carboxylic acids is 1. The van der Waals surface area contributed by atoms with Crippen molar-refractivity contribution in [2.75, 3.05) is 11.9 Å². The molecular weight excluding hydrogens is 232 g/mol. The van der Waals surface area contributed by atoms with Gasteiger partial charge in [0, 0.05) is 11.8 Å². The van der Waals surface area contributed by atoms with Crippen LogP contribution in [0.3, 0.4) is 0 Å². The van der Waals surface area contributed by atoms with Crippen LogP contribution >= 0.6 is 15.9 Å². The fourth-order valence-electron chi connectivity index (χ4n) is 0.998. The Hall–Kier alpha value is -0.0500. The number of carbonyl (C=O) groups is 1. The standard InChI is InChI=1S/C10H19BrO2/c1-2-3-4-5-9-13-10(12)7-6-8-11/h2-9H2,1H3. The number of hydrogen-bond acceptors (Lipinski definition) is 2. The highest BCUT2D eigenvalue weighted by molar-refractivity contribution is 9.09. The van der Waals surface area contributed by atoms with E-state index in [-0.39, 0.29) is 5.97 Å². The Bertz CT molecular complexity index is 126. The lowest BCUT2D eigenvalue weighted by molar-refractivity contribution is -0.143. The molecule has 0 aromatic carbocycles. The summed E-state index contributed by atoms with van der Waals surface area (Å²) in [7, 11) is 0. The van der Waals surface area contributed by atoms with Gasteiger partial charge in [0.2, 0.25) is 0 Å². The number of alkyl halides is 1. The van der Waals surface area contributed by atoms with Gasteiger partial charge in [-0.25, -0.2) is 0 Å². The number of ether oxygens (including phenoxy) is 1. The molecule has 13 heavy (non-hydrogen) atoms. The minimum absolute atomic E-state index is 0.0593.